The van der Waals surface area contributed by atoms with Gasteiger partial charge in [0.25, 0.3) is 0 Å². The second-order valence-corrected chi connectivity index (χ2v) is 7.02. The number of aryl methyl sites for hydroxylation is 1. The molecule has 2 rings (SSSR count). The van der Waals surface area contributed by atoms with Crippen LogP contribution in [0.1, 0.15) is 37.0 Å². The van der Waals surface area contributed by atoms with Gasteiger partial charge in [-0.15, -0.1) is 11.3 Å². The molecule has 1 N–H and O–H groups in total. The Morgan fingerprint density at radius 1 is 1.38 bits per heavy atom. The van der Waals surface area contributed by atoms with Gasteiger partial charge < -0.3 is 10.1 Å². The first-order valence-electron chi connectivity index (χ1n) is 7.16. The van der Waals surface area contributed by atoms with Crippen LogP contribution in [0.25, 0.3) is 0 Å². The molecule has 0 unspecified atom stereocenters. The maximum atomic E-state index is 5.95. The molecule has 114 valence electrons. The fourth-order valence-corrected chi connectivity index (χ4v) is 3.01. The second-order valence-electron chi connectivity index (χ2n) is 5.16. The summed E-state index contributed by atoms with van der Waals surface area (Å²) in [6, 6.07) is 6.56. The van der Waals surface area contributed by atoms with Gasteiger partial charge in [-0.05, 0) is 24.6 Å². The van der Waals surface area contributed by atoms with Crippen LogP contribution in [0.2, 0.25) is 0 Å². The molecule has 1 aromatic heterocycles. The third-order valence-electron chi connectivity index (χ3n) is 3.00. The van der Waals surface area contributed by atoms with Crippen LogP contribution in [0.15, 0.2) is 28.1 Å². The van der Waals surface area contributed by atoms with Crippen LogP contribution >= 0.6 is 27.3 Å². The molecule has 1 heterocycles. The molecule has 21 heavy (non-hydrogen) atoms. The van der Waals surface area contributed by atoms with Crippen molar-refractivity contribution in [2.45, 2.75) is 46.4 Å². The number of halogens is 1. The summed E-state index contributed by atoms with van der Waals surface area (Å²) in [7, 11) is 0. The van der Waals surface area contributed by atoms with E-state index in [9.17, 15) is 0 Å². The van der Waals surface area contributed by atoms with Gasteiger partial charge in [-0.2, -0.15) is 0 Å². The van der Waals surface area contributed by atoms with Crippen molar-refractivity contribution in [1.29, 1.82) is 0 Å². The van der Waals surface area contributed by atoms with Crippen molar-refractivity contribution >= 4 is 27.3 Å². The van der Waals surface area contributed by atoms with E-state index in [1.54, 1.807) is 11.3 Å². The molecule has 0 amide bonds. The molecule has 0 bridgehead atoms. The number of aromatic nitrogens is 1. The number of hydrogen-bond acceptors (Lipinski definition) is 4. The minimum Gasteiger partial charge on any atom is -0.487 e. The van der Waals surface area contributed by atoms with Gasteiger partial charge >= 0.3 is 0 Å². The lowest BCUT2D eigenvalue weighted by atomic mass is 10.2. The number of benzene rings is 1. The highest BCUT2D eigenvalue weighted by molar-refractivity contribution is 9.10. The Labute approximate surface area is 138 Å². The number of nitrogens with one attached hydrogen (secondary N) is 1. The molecule has 2 aromatic rings. The van der Waals surface area contributed by atoms with Crippen molar-refractivity contribution in [3.8, 4) is 5.75 Å². The molecule has 0 saturated heterocycles. The predicted molar refractivity (Wildman–Crippen MR) is 91.9 cm³/mol. The largest absolute Gasteiger partial charge is 0.487 e. The third-order valence-corrected chi connectivity index (χ3v) is 4.54. The normalized spacial score (nSPS) is 11.1. The molecule has 0 aliphatic carbocycles. The maximum absolute atomic E-state index is 5.95. The maximum Gasteiger partial charge on any atom is 0.131 e. The third kappa shape index (κ3) is 5.09. The highest BCUT2D eigenvalue weighted by Gasteiger charge is 2.07. The molecule has 5 heteroatoms. The molecule has 0 atom stereocenters. The van der Waals surface area contributed by atoms with Gasteiger partial charge in [-0.25, -0.2) is 4.98 Å². The Balaban J connectivity index is 2.04. The number of ether oxygens (including phenoxy) is 1. The van der Waals surface area contributed by atoms with Crippen molar-refractivity contribution in [3.05, 3.63) is 44.3 Å². The predicted octanol–water partition coefficient (Wildman–Crippen LogP) is 4.55. The van der Waals surface area contributed by atoms with Crippen LogP contribution in [0.4, 0.5) is 0 Å². The van der Waals surface area contributed by atoms with Crippen LogP contribution in [0, 0.1) is 0 Å². The summed E-state index contributed by atoms with van der Waals surface area (Å²) < 4.78 is 7.02. The van der Waals surface area contributed by atoms with E-state index >= 15 is 0 Å². The quantitative estimate of drug-likeness (QED) is 0.778. The first kappa shape index (κ1) is 16.5. The zero-order valence-electron chi connectivity index (χ0n) is 12.6. The van der Waals surface area contributed by atoms with Crippen LogP contribution in [-0.4, -0.2) is 11.0 Å². The standard InChI is InChI=1S/C16H21BrN2OS/c1-4-16-19-14(10-21-16)9-20-15-6-5-13(17)7-12(15)8-18-11(2)3/h5-7,10-11,18H,4,8-9H2,1-3H3. The first-order valence-corrected chi connectivity index (χ1v) is 8.83. The Hall–Kier alpha value is -0.910. The molecule has 0 radical (unpaired) electrons. The van der Waals surface area contributed by atoms with E-state index in [2.05, 4.69) is 58.4 Å². The minimum atomic E-state index is 0.447. The monoisotopic (exact) mass is 368 g/mol. The lowest BCUT2D eigenvalue weighted by Crippen LogP contribution is -2.22. The minimum absolute atomic E-state index is 0.447. The van der Waals surface area contributed by atoms with Crippen molar-refractivity contribution < 1.29 is 4.74 Å². The van der Waals surface area contributed by atoms with Crippen molar-refractivity contribution in [2.24, 2.45) is 0 Å². The van der Waals surface area contributed by atoms with Gasteiger partial charge in [0, 0.05) is 28.0 Å². The second kappa shape index (κ2) is 7.92. The molecular formula is C16H21BrN2OS. The zero-order valence-corrected chi connectivity index (χ0v) is 15.1. The Morgan fingerprint density at radius 3 is 2.86 bits per heavy atom. The summed E-state index contributed by atoms with van der Waals surface area (Å²) in [4.78, 5) is 4.53. The van der Waals surface area contributed by atoms with Gasteiger partial charge in [0.2, 0.25) is 0 Å². The van der Waals surface area contributed by atoms with E-state index in [4.69, 9.17) is 4.74 Å². The van der Waals surface area contributed by atoms with Crippen LogP contribution in [0.5, 0.6) is 5.75 Å². The number of hydrogen-bond donors (Lipinski definition) is 1. The highest BCUT2D eigenvalue weighted by Crippen LogP contribution is 2.24. The fraction of sp³-hybridized carbons (Fsp3) is 0.438. The lowest BCUT2D eigenvalue weighted by Gasteiger charge is -2.13. The van der Waals surface area contributed by atoms with Crippen molar-refractivity contribution in [3.63, 3.8) is 0 Å². The summed E-state index contributed by atoms with van der Waals surface area (Å²) in [6.07, 6.45) is 0.979. The molecule has 0 aliphatic heterocycles. The fourth-order valence-electron chi connectivity index (χ4n) is 1.87. The van der Waals surface area contributed by atoms with Gasteiger partial charge in [0.1, 0.15) is 12.4 Å². The average Bonchev–Trinajstić information content (AvgIpc) is 2.92. The Bertz CT molecular complexity index is 583. The van der Waals surface area contributed by atoms with Crippen molar-refractivity contribution in [2.75, 3.05) is 0 Å². The Morgan fingerprint density at radius 2 is 2.19 bits per heavy atom. The van der Waals surface area contributed by atoms with E-state index in [0.717, 1.165) is 39.5 Å². The number of nitrogens with zero attached hydrogens (tertiary/aromatic N) is 1. The molecule has 0 aliphatic rings. The molecule has 3 nitrogen and oxygen atoms in total. The van der Waals surface area contributed by atoms with Crippen LogP contribution < -0.4 is 10.1 Å². The summed E-state index contributed by atoms with van der Waals surface area (Å²) in [6.45, 7) is 7.71. The van der Waals surface area contributed by atoms with Crippen LogP contribution in [-0.2, 0) is 19.6 Å². The van der Waals surface area contributed by atoms with Gasteiger partial charge in [0.15, 0.2) is 0 Å². The summed E-state index contributed by atoms with van der Waals surface area (Å²) in [5.41, 5.74) is 2.16. The molecule has 0 fully saturated rings. The Kier molecular flexibility index (Phi) is 6.21. The van der Waals surface area contributed by atoms with Gasteiger partial charge in [0.05, 0.1) is 10.7 Å². The summed E-state index contributed by atoms with van der Waals surface area (Å²) >= 11 is 5.21. The number of thiazole rings is 1. The highest BCUT2D eigenvalue weighted by atomic mass is 79.9. The zero-order chi connectivity index (χ0) is 15.2. The number of rotatable bonds is 7. The van der Waals surface area contributed by atoms with Gasteiger partial charge in [-0.1, -0.05) is 36.7 Å². The van der Waals surface area contributed by atoms with E-state index in [1.807, 2.05) is 12.1 Å². The van der Waals surface area contributed by atoms with E-state index < -0.39 is 0 Å². The molecular weight excluding hydrogens is 348 g/mol. The average molecular weight is 369 g/mol. The molecule has 0 spiro atoms. The van der Waals surface area contributed by atoms with Crippen molar-refractivity contribution in [1.82, 2.24) is 10.3 Å². The summed E-state index contributed by atoms with van der Waals surface area (Å²) in [5, 5.41) is 6.66. The van der Waals surface area contributed by atoms with E-state index in [-0.39, 0.29) is 0 Å². The topological polar surface area (TPSA) is 34.1 Å². The van der Waals surface area contributed by atoms with E-state index in [0.29, 0.717) is 12.6 Å². The van der Waals surface area contributed by atoms with E-state index in [1.165, 1.54) is 0 Å². The SMILES string of the molecule is CCc1nc(COc2ccc(Br)cc2CNC(C)C)cs1. The molecule has 0 saturated carbocycles. The van der Waals surface area contributed by atoms with Crippen LogP contribution in [0.3, 0.4) is 0 Å². The lowest BCUT2D eigenvalue weighted by molar-refractivity contribution is 0.297. The first-order chi connectivity index (χ1) is 10.1. The summed E-state index contributed by atoms with van der Waals surface area (Å²) in [5.74, 6) is 0.914. The molecule has 1 aromatic carbocycles. The smallest absolute Gasteiger partial charge is 0.131 e. The van der Waals surface area contributed by atoms with Gasteiger partial charge in [-0.3, -0.25) is 0 Å².